The van der Waals surface area contributed by atoms with E-state index in [0.717, 1.165) is 22.2 Å². The largest absolute Gasteiger partial charge is 0.461 e. The summed E-state index contributed by atoms with van der Waals surface area (Å²) in [7, 11) is 0. The Hall–Kier alpha value is -3.65. The molecule has 3 heterocycles. The van der Waals surface area contributed by atoms with Crippen molar-refractivity contribution < 1.29 is 9.21 Å². The van der Waals surface area contributed by atoms with Gasteiger partial charge in [0.15, 0.2) is 22.4 Å². The van der Waals surface area contributed by atoms with Crippen LogP contribution in [0.1, 0.15) is 5.56 Å². The summed E-state index contributed by atoms with van der Waals surface area (Å²) in [5, 5.41) is 13.1. The minimum absolute atomic E-state index is 0.117. The quantitative estimate of drug-likeness (QED) is 0.423. The van der Waals surface area contributed by atoms with Gasteiger partial charge in [-0.15, -0.1) is 10.2 Å². The van der Waals surface area contributed by atoms with E-state index >= 15 is 0 Å². The van der Waals surface area contributed by atoms with Gasteiger partial charge in [0.25, 0.3) is 0 Å². The maximum atomic E-state index is 12.4. The van der Waals surface area contributed by atoms with Crippen LogP contribution in [0.4, 0.5) is 5.69 Å². The van der Waals surface area contributed by atoms with E-state index in [1.807, 2.05) is 72.0 Å². The third-order valence-electron chi connectivity index (χ3n) is 4.63. The first-order valence-electron chi connectivity index (χ1n) is 9.36. The predicted molar refractivity (Wildman–Crippen MR) is 117 cm³/mol. The molecule has 0 saturated heterocycles. The van der Waals surface area contributed by atoms with E-state index < -0.39 is 0 Å². The van der Waals surface area contributed by atoms with E-state index in [9.17, 15) is 4.79 Å². The Morgan fingerprint density at radius 1 is 1.07 bits per heavy atom. The van der Waals surface area contributed by atoms with Gasteiger partial charge in [0.1, 0.15) is 0 Å². The number of hydrogen-bond donors (Lipinski definition) is 1. The van der Waals surface area contributed by atoms with Crippen molar-refractivity contribution in [3.05, 3.63) is 72.5 Å². The van der Waals surface area contributed by atoms with Gasteiger partial charge in [-0.3, -0.25) is 9.20 Å². The standard InChI is InChI=1S/C22H17N5O2S/c1-14-8-10-15(11-9-14)23-19(28)13-30-22-26-25-20-16-5-2-3-6-17(16)24-21(27(20)22)18-7-4-12-29-18/h2-12H,13H2,1H3,(H,23,28). The third-order valence-corrected chi connectivity index (χ3v) is 5.55. The molecule has 3 aromatic heterocycles. The SMILES string of the molecule is Cc1ccc(NC(=O)CSc2nnc3c4ccccc4nc(-c4ccco4)n23)cc1. The zero-order chi connectivity index (χ0) is 20.5. The summed E-state index contributed by atoms with van der Waals surface area (Å²) in [5.74, 6) is 1.28. The van der Waals surface area contributed by atoms with Gasteiger partial charge in [-0.2, -0.15) is 0 Å². The average molecular weight is 415 g/mol. The van der Waals surface area contributed by atoms with Crippen molar-refractivity contribution in [2.75, 3.05) is 11.1 Å². The first kappa shape index (κ1) is 18.4. The fourth-order valence-corrected chi connectivity index (χ4v) is 3.92. The van der Waals surface area contributed by atoms with Crippen LogP contribution in [0.25, 0.3) is 28.1 Å². The topological polar surface area (TPSA) is 85.3 Å². The highest BCUT2D eigenvalue weighted by Gasteiger charge is 2.18. The number of nitrogens with zero attached hydrogens (tertiary/aromatic N) is 4. The van der Waals surface area contributed by atoms with Crippen molar-refractivity contribution in [3.8, 4) is 11.6 Å². The van der Waals surface area contributed by atoms with Crippen molar-refractivity contribution in [3.63, 3.8) is 0 Å². The molecule has 148 valence electrons. The normalized spacial score (nSPS) is 11.2. The monoisotopic (exact) mass is 415 g/mol. The lowest BCUT2D eigenvalue weighted by Gasteiger charge is -2.08. The number of benzene rings is 2. The zero-order valence-electron chi connectivity index (χ0n) is 16.1. The molecule has 0 unspecified atom stereocenters. The second-order valence-corrected chi connectivity index (χ2v) is 7.72. The fraction of sp³-hybridized carbons (Fsp3) is 0.0909. The summed E-state index contributed by atoms with van der Waals surface area (Å²) in [5.41, 5.74) is 3.38. The molecule has 0 aliphatic heterocycles. The summed E-state index contributed by atoms with van der Waals surface area (Å²) in [4.78, 5) is 17.2. The van der Waals surface area contributed by atoms with Crippen LogP contribution in [0.3, 0.4) is 0 Å². The second kappa shape index (κ2) is 7.64. The lowest BCUT2D eigenvalue weighted by Crippen LogP contribution is -2.14. The predicted octanol–water partition coefficient (Wildman–Crippen LogP) is 4.58. The summed E-state index contributed by atoms with van der Waals surface area (Å²) in [6.45, 7) is 2.01. The number of aromatic nitrogens is 4. The maximum Gasteiger partial charge on any atom is 0.234 e. The van der Waals surface area contributed by atoms with Gasteiger partial charge in [-0.05, 0) is 43.3 Å². The van der Waals surface area contributed by atoms with Crippen molar-refractivity contribution in [1.82, 2.24) is 19.6 Å². The van der Waals surface area contributed by atoms with Crippen LogP contribution in [-0.4, -0.2) is 31.2 Å². The van der Waals surface area contributed by atoms with E-state index in [0.29, 0.717) is 22.4 Å². The van der Waals surface area contributed by atoms with E-state index in [-0.39, 0.29) is 11.7 Å². The Kier molecular flexibility index (Phi) is 4.68. The van der Waals surface area contributed by atoms with E-state index in [1.54, 1.807) is 6.26 Å². The number of para-hydroxylation sites is 1. The lowest BCUT2D eigenvalue weighted by atomic mass is 10.2. The first-order valence-corrected chi connectivity index (χ1v) is 10.3. The highest BCUT2D eigenvalue weighted by Crippen LogP contribution is 2.29. The Morgan fingerprint density at radius 3 is 2.70 bits per heavy atom. The molecule has 0 radical (unpaired) electrons. The number of amides is 1. The molecule has 0 aliphatic rings. The Balaban J connectivity index is 1.48. The number of anilines is 1. The molecule has 0 spiro atoms. The van der Waals surface area contributed by atoms with Crippen molar-refractivity contribution in [1.29, 1.82) is 0 Å². The molecule has 7 nitrogen and oxygen atoms in total. The Bertz CT molecular complexity index is 1340. The van der Waals surface area contributed by atoms with Gasteiger partial charge in [0.05, 0.1) is 17.5 Å². The number of fused-ring (bicyclic) bond motifs is 3. The van der Waals surface area contributed by atoms with Crippen LogP contribution in [0.5, 0.6) is 0 Å². The number of hydrogen-bond acceptors (Lipinski definition) is 6. The van der Waals surface area contributed by atoms with Crippen LogP contribution < -0.4 is 5.32 Å². The number of carbonyl (C=O) groups excluding carboxylic acids is 1. The summed E-state index contributed by atoms with van der Waals surface area (Å²) in [6.07, 6.45) is 1.60. The number of carbonyl (C=O) groups is 1. The number of furan rings is 1. The van der Waals surface area contributed by atoms with Gasteiger partial charge >= 0.3 is 0 Å². The molecular weight excluding hydrogens is 398 g/mol. The molecule has 0 bridgehead atoms. The maximum absolute atomic E-state index is 12.4. The van der Waals surface area contributed by atoms with Crippen LogP contribution in [0, 0.1) is 6.92 Å². The molecule has 0 aliphatic carbocycles. The molecule has 1 amide bonds. The molecule has 0 fully saturated rings. The Morgan fingerprint density at radius 2 is 1.90 bits per heavy atom. The van der Waals surface area contributed by atoms with Crippen LogP contribution >= 0.6 is 11.8 Å². The lowest BCUT2D eigenvalue weighted by molar-refractivity contribution is -0.113. The highest BCUT2D eigenvalue weighted by atomic mass is 32.2. The number of nitrogens with one attached hydrogen (secondary N) is 1. The van der Waals surface area contributed by atoms with E-state index in [4.69, 9.17) is 9.40 Å². The zero-order valence-corrected chi connectivity index (χ0v) is 16.9. The van der Waals surface area contributed by atoms with Gasteiger partial charge in [0, 0.05) is 11.1 Å². The van der Waals surface area contributed by atoms with E-state index in [1.165, 1.54) is 11.8 Å². The minimum Gasteiger partial charge on any atom is -0.461 e. The molecule has 2 aromatic carbocycles. The summed E-state index contributed by atoms with van der Waals surface area (Å²) in [6, 6.07) is 19.1. The van der Waals surface area contributed by atoms with Gasteiger partial charge in [-0.25, -0.2) is 4.98 Å². The van der Waals surface area contributed by atoms with Gasteiger partial charge in [-0.1, -0.05) is 41.6 Å². The second-order valence-electron chi connectivity index (χ2n) is 6.77. The number of rotatable bonds is 5. The minimum atomic E-state index is -0.117. The molecule has 0 atom stereocenters. The van der Waals surface area contributed by atoms with Crippen LogP contribution in [0.2, 0.25) is 0 Å². The number of thioether (sulfide) groups is 1. The third kappa shape index (κ3) is 3.42. The highest BCUT2D eigenvalue weighted by molar-refractivity contribution is 7.99. The number of aryl methyl sites for hydroxylation is 1. The Labute approximate surface area is 176 Å². The first-order chi connectivity index (χ1) is 14.7. The molecule has 30 heavy (non-hydrogen) atoms. The molecular formula is C22H17N5O2S. The molecule has 0 saturated carbocycles. The van der Waals surface area contributed by atoms with Crippen molar-refractivity contribution in [2.24, 2.45) is 0 Å². The summed E-state index contributed by atoms with van der Waals surface area (Å²) >= 11 is 1.30. The van der Waals surface area contributed by atoms with Gasteiger partial charge < -0.3 is 9.73 Å². The van der Waals surface area contributed by atoms with E-state index in [2.05, 4.69) is 15.5 Å². The van der Waals surface area contributed by atoms with Gasteiger partial charge in [0.2, 0.25) is 5.91 Å². The summed E-state index contributed by atoms with van der Waals surface area (Å²) < 4.78 is 7.43. The molecule has 1 N–H and O–H groups in total. The fourth-order valence-electron chi connectivity index (χ4n) is 3.19. The molecule has 8 heteroatoms. The van der Waals surface area contributed by atoms with Crippen molar-refractivity contribution in [2.45, 2.75) is 12.1 Å². The van der Waals surface area contributed by atoms with Crippen LogP contribution in [-0.2, 0) is 4.79 Å². The smallest absolute Gasteiger partial charge is 0.234 e. The van der Waals surface area contributed by atoms with Crippen molar-refractivity contribution >= 4 is 39.9 Å². The average Bonchev–Trinajstić information content (AvgIpc) is 3.44. The molecule has 5 rings (SSSR count). The van der Waals surface area contributed by atoms with Crippen LogP contribution in [0.15, 0.2) is 76.5 Å². The molecule has 5 aromatic rings.